The second-order valence-corrected chi connectivity index (χ2v) is 7.04. The fourth-order valence-electron chi connectivity index (χ4n) is 3.74. The highest BCUT2D eigenvalue weighted by Gasteiger charge is 2.20. The first-order chi connectivity index (χ1) is 11.7. The highest BCUT2D eigenvalue weighted by Crippen LogP contribution is 2.32. The van der Waals surface area contributed by atoms with E-state index >= 15 is 0 Å². The van der Waals surface area contributed by atoms with Crippen molar-refractivity contribution < 1.29 is 9.13 Å². The first-order valence-electron chi connectivity index (χ1n) is 9.21. The van der Waals surface area contributed by atoms with Crippen molar-refractivity contribution in [3.8, 4) is 16.9 Å². The molecule has 3 rings (SSSR count). The van der Waals surface area contributed by atoms with E-state index in [1.54, 1.807) is 12.1 Å². The second-order valence-electron chi connectivity index (χ2n) is 7.04. The van der Waals surface area contributed by atoms with Gasteiger partial charge in [-0.2, -0.15) is 0 Å². The van der Waals surface area contributed by atoms with Crippen molar-refractivity contribution >= 4 is 0 Å². The van der Waals surface area contributed by atoms with Gasteiger partial charge in [-0.05, 0) is 60.1 Å². The van der Waals surface area contributed by atoms with Crippen LogP contribution in [0.3, 0.4) is 0 Å². The molecular weight excluding hydrogens is 299 g/mol. The zero-order chi connectivity index (χ0) is 16.8. The number of halogens is 1. The molecule has 24 heavy (non-hydrogen) atoms. The van der Waals surface area contributed by atoms with Crippen molar-refractivity contribution in [1.29, 1.82) is 0 Å². The fraction of sp³-hybridized carbons (Fsp3) is 0.455. The van der Waals surface area contributed by atoms with Gasteiger partial charge in [0.05, 0.1) is 6.61 Å². The maximum absolute atomic E-state index is 13.0. The maximum Gasteiger partial charge on any atom is 0.123 e. The molecule has 2 aromatic carbocycles. The third-order valence-electron chi connectivity index (χ3n) is 5.31. The van der Waals surface area contributed by atoms with Crippen LogP contribution in [0.4, 0.5) is 4.39 Å². The van der Waals surface area contributed by atoms with Crippen LogP contribution in [0, 0.1) is 17.7 Å². The second kappa shape index (κ2) is 8.32. The van der Waals surface area contributed by atoms with E-state index in [1.807, 2.05) is 24.3 Å². The lowest BCUT2D eigenvalue weighted by Crippen LogP contribution is -2.17. The predicted molar refractivity (Wildman–Crippen MR) is 97.7 cm³/mol. The van der Waals surface area contributed by atoms with Crippen LogP contribution in [0.2, 0.25) is 0 Å². The molecule has 2 unspecified atom stereocenters. The van der Waals surface area contributed by atoms with Gasteiger partial charge < -0.3 is 4.74 Å². The predicted octanol–water partition coefficient (Wildman–Crippen LogP) is 6.48. The maximum atomic E-state index is 13.0. The third-order valence-corrected chi connectivity index (χ3v) is 5.31. The molecule has 2 atom stereocenters. The lowest BCUT2D eigenvalue weighted by molar-refractivity contribution is 0.217. The summed E-state index contributed by atoms with van der Waals surface area (Å²) >= 11 is 0. The molecule has 0 spiro atoms. The van der Waals surface area contributed by atoms with E-state index in [4.69, 9.17) is 4.74 Å². The minimum atomic E-state index is -0.203. The summed E-state index contributed by atoms with van der Waals surface area (Å²) in [6.45, 7) is 3.19. The first kappa shape index (κ1) is 17.0. The van der Waals surface area contributed by atoms with Crippen LogP contribution in [0.1, 0.15) is 45.4 Å². The van der Waals surface area contributed by atoms with Gasteiger partial charge in [-0.1, -0.05) is 56.9 Å². The molecule has 0 aromatic heterocycles. The molecule has 2 heteroatoms. The monoisotopic (exact) mass is 326 g/mol. The Morgan fingerprint density at radius 2 is 1.54 bits per heavy atom. The molecule has 0 aliphatic heterocycles. The van der Waals surface area contributed by atoms with E-state index in [9.17, 15) is 4.39 Å². The molecule has 0 saturated heterocycles. The Kier molecular flexibility index (Phi) is 5.90. The normalized spacial score (nSPS) is 20.8. The average Bonchev–Trinajstić information content (AvgIpc) is 2.61. The topological polar surface area (TPSA) is 9.23 Å². The van der Waals surface area contributed by atoms with Gasteiger partial charge in [0.15, 0.2) is 0 Å². The number of hydrogen-bond acceptors (Lipinski definition) is 1. The Morgan fingerprint density at radius 1 is 0.917 bits per heavy atom. The van der Waals surface area contributed by atoms with Crippen LogP contribution in [0.5, 0.6) is 5.75 Å². The average molecular weight is 326 g/mol. The summed E-state index contributed by atoms with van der Waals surface area (Å²) in [7, 11) is 0. The van der Waals surface area contributed by atoms with Gasteiger partial charge in [-0.3, -0.25) is 0 Å². The smallest absolute Gasteiger partial charge is 0.123 e. The van der Waals surface area contributed by atoms with Crippen LogP contribution >= 0.6 is 0 Å². The third kappa shape index (κ3) is 4.59. The molecular formula is C22H27FO. The Hall–Kier alpha value is -1.83. The van der Waals surface area contributed by atoms with E-state index in [2.05, 4.69) is 6.92 Å². The molecule has 0 amide bonds. The van der Waals surface area contributed by atoms with Crippen molar-refractivity contribution in [2.24, 2.45) is 11.8 Å². The molecule has 0 heterocycles. The standard InChI is InChI=1S/C22H27FO/c1-17-5-2-3-6-18(17)7-4-16-24-22-14-10-20(11-15-22)19-8-12-21(23)13-9-19/h8-15,17-18H,2-7,16H2,1H3. The van der Waals surface area contributed by atoms with Gasteiger partial charge in [0, 0.05) is 0 Å². The lowest BCUT2D eigenvalue weighted by atomic mass is 9.78. The Morgan fingerprint density at radius 3 is 2.21 bits per heavy atom. The Balaban J connectivity index is 1.45. The van der Waals surface area contributed by atoms with Gasteiger partial charge in [0.25, 0.3) is 0 Å². The van der Waals surface area contributed by atoms with E-state index in [-0.39, 0.29) is 5.82 Å². The van der Waals surface area contributed by atoms with Crippen LogP contribution < -0.4 is 4.74 Å². The number of hydrogen-bond donors (Lipinski definition) is 0. The van der Waals surface area contributed by atoms with Crippen molar-refractivity contribution in [2.45, 2.75) is 45.4 Å². The van der Waals surface area contributed by atoms with E-state index in [0.29, 0.717) is 0 Å². The van der Waals surface area contributed by atoms with Crippen LogP contribution in [0.15, 0.2) is 48.5 Å². The van der Waals surface area contributed by atoms with Crippen molar-refractivity contribution in [3.63, 3.8) is 0 Å². The van der Waals surface area contributed by atoms with Gasteiger partial charge in [0.1, 0.15) is 11.6 Å². The fourth-order valence-corrected chi connectivity index (χ4v) is 3.74. The van der Waals surface area contributed by atoms with Crippen LogP contribution in [-0.2, 0) is 0 Å². The zero-order valence-electron chi connectivity index (χ0n) is 14.5. The molecule has 0 radical (unpaired) electrons. The quantitative estimate of drug-likeness (QED) is 0.552. The Labute approximate surface area is 144 Å². The first-order valence-corrected chi connectivity index (χ1v) is 9.21. The van der Waals surface area contributed by atoms with Crippen molar-refractivity contribution in [1.82, 2.24) is 0 Å². The van der Waals surface area contributed by atoms with Gasteiger partial charge in [-0.25, -0.2) is 4.39 Å². The van der Waals surface area contributed by atoms with Crippen LogP contribution in [-0.4, -0.2) is 6.61 Å². The minimum Gasteiger partial charge on any atom is -0.494 e. The summed E-state index contributed by atoms with van der Waals surface area (Å²) in [5.41, 5.74) is 2.10. The van der Waals surface area contributed by atoms with Gasteiger partial charge in [0.2, 0.25) is 0 Å². The highest BCUT2D eigenvalue weighted by atomic mass is 19.1. The Bertz CT molecular complexity index is 617. The molecule has 1 fully saturated rings. The summed E-state index contributed by atoms with van der Waals surface area (Å²) in [6, 6.07) is 14.7. The zero-order valence-corrected chi connectivity index (χ0v) is 14.5. The molecule has 1 aliphatic carbocycles. The number of rotatable bonds is 6. The summed E-state index contributed by atoms with van der Waals surface area (Å²) in [5.74, 6) is 2.49. The van der Waals surface area contributed by atoms with E-state index in [0.717, 1.165) is 41.7 Å². The summed E-state index contributed by atoms with van der Waals surface area (Å²) < 4.78 is 18.9. The van der Waals surface area contributed by atoms with E-state index in [1.165, 1.54) is 44.2 Å². The largest absolute Gasteiger partial charge is 0.494 e. The van der Waals surface area contributed by atoms with E-state index < -0.39 is 0 Å². The summed E-state index contributed by atoms with van der Waals surface area (Å²) in [4.78, 5) is 0. The number of ether oxygens (including phenoxy) is 1. The minimum absolute atomic E-state index is 0.203. The van der Waals surface area contributed by atoms with Crippen molar-refractivity contribution in [2.75, 3.05) is 6.61 Å². The number of benzene rings is 2. The van der Waals surface area contributed by atoms with Crippen LogP contribution in [0.25, 0.3) is 11.1 Å². The highest BCUT2D eigenvalue weighted by molar-refractivity contribution is 5.63. The molecule has 1 aliphatic rings. The molecule has 128 valence electrons. The molecule has 1 nitrogen and oxygen atoms in total. The molecule has 1 saturated carbocycles. The lowest BCUT2D eigenvalue weighted by Gasteiger charge is -2.28. The summed E-state index contributed by atoms with van der Waals surface area (Å²) in [6.07, 6.45) is 8.03. The van der Waals surface area contributed by atoms with Gasteiger partial charge >= 0.3 is 0 Å². The summed E-state index contributed by atoms with van der Waals surface area (Å²) in [5, 5.41) is 0. The molecule has 0 N–H and O–H groups in total. The molecule has 2 aromatic rings. The molecule has 0 bridgehead atoms. The van der Waals surface area contributed by atoms with Crippen molar-refractivity contribution in [3.05, 3.63) is 54.3 Å². The SMILES string of the molecule is CC1CCCCC1CCCOc1ccc(-c2ccc(F)cc2)cc1. The van der Waals surface area contributed by atoms with Gasteiger partial charge in [-0.15, -0.1) is 0 Å².